The molecule has 0 atom stereocenters. The Morgan fingerprint density at radius 1 is 1.45 bits per heavy atom. The molecule has 0 aliphatic carbocycles. The van der Waals surface area contributed by atoms with Gasteiger partial charge in [-0.3, -0.25) is 0 Å². The second-order valence-electron chi connectivity index (χ2n) is 2.08. The second-order valence-corrected chi connectivity index (χ2v) is 2.08. The van der Waals surface area contributed by atoms with Crippen LogP contribution in [-0.2, 0) is 0 Å². The summed E-state index contributed by atoms with van der Waals surface area (Å²) in [5.41, 5.74) is 6.25. The van der Waals surface area contributed by atoms with Gasteiger partial charge in [-0.25, -0.2) is 0 Å². The predicted octanol–water partition coefficient (Wildman–Crippen LogP) is 1.02. The van der Waals surface area contributed by atoms with E-state index in [-0.39, 0.29) is 0 Å². The van der Waals surface area contributed by atoms with Crippen molar-refractivity contribution in [2.45, 2.75) is 0 Å². The number of nitrogens with two attached hydrogens (primary N) is 1. The molecule has 0 heterocycles. The Kier molecular flexibility index (Phi) is 2.74. The largest absolute Gasteiger partial charge is 0.495 e. The van der Waals surface area contributed by atoms with Crippen molar-refractivity contribution < 1.29 is 4.74 Å². The normalized spacial score (nSPS) is 9.27. The van der Waals surface area contributed by atoms with E-state index in [1.54, 1.807) is 7.11 Å². The average Bonchev–Trinajstić information content (AvgIpc) is 2.06. The predicted molar refractivity (Wildman–Crippen MR) is 45.7 cm³/mol. The van der Waals surface area contributed by atoms with E-state index in [4.69, 9.17) is 10.5 Å². The number of ether oxygens (including phenoxy) is 1. The van der Waals surface area contributed by atoms with E-state index in [1.807, 2.05) is 24.3 Å². The first kappa shape index (κ1) is 7.88. The molecular weight excluding hydrogens is 140 g/mol. The number of para-hydroxylation sites is 2. The average molecular weight is 152 g/mol. The Bertz CT molecular complexity index is 225. The molecule has 0 amide bonds. The Morgan fingerprint density at radius 2 is 2.18 bits per heavy atom. The third kappa shape index (κ3) is 1.85. The number of methoxy groups -OCH3 is 1. The molecule has 3 N–H and O–H groups in total. The molecule has 0 fully saturated rings. The van der Waals surface area contributed by atoms with Gasteiger partial charge in [0.15, 0.2) is 0 Å². The van der Waals surface area contributed by atoms with Crippen molar-refractivity contribution in [3.63, 3.8) is 0 Å². The summed E-state index contributed by atoms with van der Waals surface area (Å²) < 4.78 is 5.08. The Labute approximate surface area is 66.2 Å². The van der Waals surface area contributed by atoms with Gasteiger partial charge in [-0.2, -0.15) is 0 Å². The molecule has 0 aromatic heterocycles. The highest BCUT2D eigenvalue weighted by Crippen LogP contribution is 2.21. The Morgan fingerprint density at radius 3 is 2.82 bits per heavy atom. The van der Waals surface area contributed by atoms with Crippen LogP contribution in [0.25, 0.3) is 0 Å². The van der Waals surface area contributed by atoms with Gasteiger partial charge in [-0.1, -0.05) is 12.1 Å². The molecule has 0 aliphatic rings. The highest BCUT2D eigenvalue weighted by molar-refractivity contribution is 5.55. The molecule has 60 valence electrons. The summed E-state index contributed by atoms with van der Waals surface area (Å²) in [5.74, 6) is 0.818. The van der Waals surface area contributed by atoms with Crippen LogP contribution in [0.1, 0.15) is 0 Å². The first-order valence-electron chi connectivity index (χ1n) is 3.45. The van der Waals surface area contributed by atoms with Crippen LogP contribution in [-0.4, -0.2) is 13.8 Å². The van der Waals surface area contributed by atoms with Crippen LogP contribution in [0.5, 0.6) is 5.75 Å². The summed E-state index contributed by atoms with van der Waals surface area (Å²) in [5, 5.41) is 2.98. The van der Waals surface area contributed by atoms with E-state index in [0.29, 0.717) is 6.67 Å². The van der Waals surface area contributed by atoms with E-state index in [0.717, 1.165) is 11.4 Å². The third-order valence-electron chi connectivity index (χ3n) is 1.40. The van der Waals surface area contributed by atoms with Gasteiger partial charge in [0.2, 0.25) is 0 Å². The summed E-state index contributed by atoms with van der Waals surface area (Å²) in [7, 11) is 1.64. The Hall–Kier alpha value is -1.22. The topological polar surface area (TPSA) is 47.3 Å². The molecule has 0 bridgehead atoms. The standard InChI is InChI=1S/C8H12N2O/c1-11-8-5-3-2-4-7(8)10-6-9/h2-5,10H,6,9H2,1H3. The number of benzene rings is 1. The van der Waals surface area contributed by atoms with Crippen LogP contribution >= 0.6 is 0 Å². The van der Waals surface area contributed by atoms with Crippen molar-refractivity contribution in [2.24, 2.45) is 5.73 Å². The van der Waals surface area contributed by atoms with Crippen LogP contribution in [0.3, 0.4) is 0 Å². The molecule has 1 aromatic rings. The van der Waals surface area contributed by atoms with Gasteiger partial charge < -0.3 is 15.8 Å². The second kappa shape index (κ2) is 3.83. The Balaban J connectivity index is 2.83. The zero-order chi connectivity index (χ0) is 8.10. The van der Waals surface area contributed by atoms with Crippen molar-refractivity contribution >= 4 is 5.69 Å². The quantitative estimate of drug-likeness (QED) is 0.636. The van der Waals surface area contributed by atoms with Crippen molar-refractivity contribution in [3.05, 3.63) is 24.3 Å². The van der Waals surface area contributed by atoms with E-state index in [2.05, 4.69) is 5.32 Å². The lowest BCUT2D eigenvalue weighted by Gasteiger charge is -2.07. The fraction of sp³-hybridized carbons (Fsp3) is 0.250. The molecule has 0 aliphatic heterocycles. The van der Waals surface area contributed by atoms with Gasteiger partial charge in [0, 0.05) is 0 Å². The number of nitrogens with one attached hydrogen (secondary N) is 1. The van der Waals surface area contributed by atoms with Gasteiger partial charge in [0.25, 0.3) is 0 Å². The lowest BCUT2D eigenvalue weighted by molar-refractivity contribution is 0.416. The van der Waals surface area contributed by atoms with Gasteiger partial charge in [0.1, 0.15) is 5.75 Å². The number of rotatable bonds is 3. The highest BCUT2D eigenvalue weighted by atomic mass is 16.5. The van der Waals surface area contributed by atoms with Crippen molar-refractivity contribution in [1.29, 1.82) is 0 Å². The van der Waals surface area contributed by atoms with Gasteiger partial charge in [-0.15, -0.1) is 0 Å². The summed E-state index contributed by atoms with van der Waals surface area (Å²) >= 11 is 0. The molecule has 0 saturated heterocycles. The molecular formula is C8H12N2O. The summed E-state index contributed by atoms with van der Waals surface area (Å²) in [6, 6.07) is 7.66. The van der Waals surface area contributed by atoms with Crippen LogP contribution in [0.4, 0.5) is 5.69 Å². The number of hydrogen-bond acceptors (Lipinski definition) is 3. The van der Waals surface area contributed by atoms with Gasteiger partial charge in [0.05, 0.1) is 19.5 Å². The lowest BCUT2D eigenvalue weighted by Crippen LogP contribution is -2.11. The highest BCUT2D eigenvalue weighted by Gasteiger charge is 1.96. The minimum absolute atomic E-state index is 0.417. The smallest absolute Gasteiger partial charge is 0.141 e. The minimum Gasteiger partial charge on any atom is -0.495 e. The molecule has 11 heavy (non-hydrogen) atoms. The summed E-state index contributed by atoms with van der Waals surface area (Å²) in [4.78, 5) is 0. The molecule has 0 unspecified atom stereocenters. The summed E-state index contributed by atoms with van der Waals surface area (Å²) in [6.45, 7) is 0.417. The van der Waals surface area contributed by atoms with Gasteiger partial charge in [-0.05, 0) is 12.1 Å². The zero-order valence-electron chi connectivity index (χ0n) is 6.50. The molecule has 1 aromatic carbocycles. The first-order chi connectivity index (χ1) is 5.38. The lowest BCUT2D eigenvalue weighted by atomic mass is 10.3. The van der Waals surface area contributed by atoms with E-state index in [9.17, 15) is 0 Å². The monoisotopic (exact) mass is 152 g/mol. The maximum Gasteiger partial charge on any atom is 0.141 e. The van der Waals surface area contributed by atoms with Crippen LogP contribution in [0.2, 0.25) is 0 Å². The third-order valence-corrected chi connectivity index (χ3v) is 1.40. The molecule has 0 saturated carbocycles. The fourth-order valence-electron chi connectivity index (χ4n) is 0.901. The van der Waals surface area contributed by atoms with Gasteiger partial charge >= 0.3 is 0 Å². The van der Waals surface area contributed by atoms with E-state index < -0.39 is 0 Å². The SMILES string of the molecule is COc1ccccc1NCN. The van der Waals surface area contributed by atoms with Crippen molar-refractivity contribution in [2.75, 3.05) is 19.1 Å². The molecule has 0 spiro atoms. The molecule has 3 heteroatoms. The minimum atomic E-state index is 0.417. The summed E-state index contributed by atoms with van der Waals surface area (Å²) in [6.07, 6.45) is 0. The maximum absolute atomic E-state index is 5.32. The maximum atomic E-state index is 5.32. The molecule has 3 nitrogen and oxygen atoms in total. The van der Waals surface area contributed by atoms with Crippen LogP contribution in [0, 0.1) is 0 Å². The number of anilines is 1. The number of hydrogen-bond donors (Lipinski definition) is 2. The van der Waals surface area contributed by atoms with E-state index in [1.165, 1.54) is 0 Å². The fourth-order valence-corrected chi connectivity index (χ4v) is 0.901. The molecule has 1 rings (SSSR count). The van der Waals surface area contributed by atoms with E-state index >= 15 is 0 Å². The van der Waals surface area contributed by atoms with Crippen molar-refractivity contribution in [3.8, 4) is 5.75 Å². The first-order valence-corrected chi connectivity index (χ1v) is 3.45. The zero-order valence-corrected chi connectivity index (χ0v) is 6.50. The van der Waals surface area contributed by atoms with Crippen molar-refractivity contribution in [1.82, 2.24) is 0 Å². The van der Waals surface area contributed by atoms with Crippen LogP contribution < -0.4 is 15.8 Å². The molecule has 0 radical (unpaired) electrons. The van der Waals surface area contributed by atoms with Crippen LogP contribution in [0.15, 0.2) is 24.3 Å².